The minimum absolute atomic E-state index is 0.000956. The van der Waals surface area contributed by atoms with Crippen LogP contribution in [-0.4, -0.2) is 24.3 Å². The van der Waals surface area contributed by atoms with Crippen molar-refractivity contribution in [3.05, 3.63) is 42.7 Å². The van der Waals surface area contributed by atoms with Crippen molar-refractivity contribution in [3.63, 3.8) is 0 Å². The van der Waals surface area contributed by atoms with Gasteiger partial charge >= 0.3 is 0 Å². The molecule has 2 saturated carbocycles. The first kappa shape index (κ1) is 17.9. The number of nitrogens with one attached hydrogen (secondary N) is 2. The Morgan fingerprint density at radius 1 is 1.07 bits per heavy atom. The zero-order valence-corrected chi connectivity index (χ0v) is 15.7. The van der Waals surface area contributed by atoms with Crippen molar-refractivity contribution in [2.75, 3.05) is 10.0 Å². The predicted molar refractivity (Wildman–Crippen MR) is 101 cm³/mol. The quantitative estimate of drug-likeness (QED) is 0.795. The van der Waals surface area contributed by atoms with E-state index >= 15 is 0 Å². The van der Waals surface area contributed by atoms with Crippen molar-refractivity contribution in [1.82, 2.24) is 9.97 Å². The van der Waals surface area contributed by atoms with Gasteiger partial charge in [-0.25, -0.2) is 23.1 Å². The van der Waals surface area contributed by atoms with E-state index in [-0.39, 0.29) is 16.8 Å². The van der Waals surface area contributed by atoms with E-state index in [1.54, 1.807) is 18.2 Å². The number of carbonyl (C=O) groups is 1. The lowest BCUT2D eigenvalue weighted by molar-refractivity contribution is -0.117. The molecule has 2 aromatic rings. The second-order valence-corrected chi connectivity index (χ2v) is 9.07. The van der Waals surface area contributed by atoms with Crippen molar-refractivity contribution >= 4 is 27.6 Å². The molecule has 1 aromatic heterocycles. The Hall–Kier alpha value is -2.48. The molecule has 1 heterocycles. The Labute approximate surface area is 158 Å². The molecule has 27 heavy (non-hydrogen) atoms. The third-order valence-electron chi connectivity index (χ3n) is 5.57. The van der Waals surface area contributed by atoms with Crippen LogP contribution in [0.25, 0.3) is 0 Å². The topological polar surface area (TPSA) is 101 Å². The van der Waals surface area contributed by atoms with Gasteiger partial charge in [0, 0.05) is 24.5 Å². The van der Waals surface area contributed by atoms with Gasteiger partial charge in [0.2, 0.25) is 11.9 Å². The molecule has 0 unspecified atom stereocenters. The predicted octanol–water partition coefficient (Wildman–Crippen LogP) is 3.04. The first-order chi connectivity index (χ1) is 13.0. The Bertz CT molecular complexity index is 916. The van der Waals surface area contributed by atoms with Crippen LogP contribution in [0.2, 0.25) is 0 Å². The van der Waals surface area contributed by atoms with E-state index in [4.69, 9.17) is 0 Å². The Morgan fingerprint density at radius 3 is 2.44 bits per heavy atom. The highest BCUT2D eigenvalue weighted by Gasteiger charge is 2.40. The van der Waals surface area contributed by atoms with Gasteiger partial charge in [-0.2, -0.15) is 0 Å². The van der Waals surface area contributed by atoms with Gasteiger partial charge in [-0.1, -0.05) is 6.42 Å². The van der Waals surface area contributed by atoms with Gasteiger partial charge in [-0.05, 0) is 67.3 Å². The summed E-state index contributed by atoms with van der Waals surface area (Å²) in [6.45, 7) is 0. The summed E-state index contributed by atoms with van der Waals surface area (Å²) in [5.74, 6) is 2.04. The smallest absolute Gasteiger partial charge is 0.264 e. The maximum absolute atomic E-state index is 12.4. The normalized spacial score (nSPS) is 23.9. The standard InChI is InChI=1S/C19H22N4O3S/c24-18(12-15-11-13-2-3-14(15)10-13)22-16-4-6-17(7-5-16)27(25,26)23-19-20-8-1-9-21-19/h1,4-9,13-15H,2-3,10-12H2,(H,22,24)(H,20,21,23)/t13-,14-,15-/m0/s1. The fourth-order valence-electron chi connectivity index (χ4n) is 4.32. The van der Waals surface area contributed by atoms with Crippen LogP contribution in [0.5, 0.6) is 0 Å². The summed E-state index contributed by atoms with van der Waals surface area (Å²) >= 11 is 0. The molecule has 0 spiro atoms. The minimum atomic E-state index is -3.77. The van der Waals surface area contributed by atoms with Crippen LogP contribution in [0.4, 0.5) is 11.6 Å². The molecule has 4 rings (SSSR count). The number of benzene rings is 1. The van der Waals surface area contributed by atoms with Gasteiger partial charge in [-0.15, -0.1) is 0 Å². The Kier molecular flexibility index (Phi) is 4.82. The van der Waals surface area contributed by atoms with Gasteiger partial charge in [-0.3, -0.25) is 4.79 Å². The summed E-state index contributed by atoms with van der Waals surface area (Å²) in [4.78, 5) is 20.1. The van der Waals surface area contributed by atoms with Crippen molar-refractivity contribution < 1.29 is 13.2 Å². The van der Waals surface area contributed by atoms with E-state index in [1.165, 1.54) is 50.2 Å². The maximum Gasteiger partial charge on any atom is 0.264 e. The number of fused-ring (bicyclic) bond motifs is 2. The fraction of sp³-hybridized carbons (Fsp3) is 0.421. The fourth-order valence-corrected chi connectivity index (χ4v) is 5.28. The van der Waals surface area contributed by atoms with Crippen molar-refractivity contribution in [3.8, 4) is 0 Å². The van der Waals surface area contributed by atoms with Gasteiger partial charge in [0.1, 0.15) is 0 Å². The summed E-state index contributed by atoms with van der Waals surface area (Å²) < 4.78 is 27.0. The highest BCUT2D eigenvalue weighted by atomic mass is 32.2. The summed E-state index contributed by atoms with van der Waals surface area (Å²) in [5, 5.41) is 2.88. The summed E-state index contributed by atoms with van der Waals surface area (Å²) in [5.41, 5.74) is 0.595. The third kappa shape index (κ3) is 4.10. The lowest BCUT2D eigenvalue weighted by Gasteiger charge is -2.20. The molecule has 0 radical (unpaired) electrons. The summed E-state index contributed by atoms with van der Waals surface area (Å²) in [6.07, 6.45) is 8.49. The summed E-state index contributed by atoms with van der Waals surface area (Å²) in [7, 11) is -3.77. The maximum atomic E-state index is 12.4. The number of anilines is 2. The van der Waals surface area contributed by atoms with E-state index in [9.17, 15) is 13.2 Å². The highest BCUT2D eigenvalue weighted by molar-refractivity contribution is 7.92. The second kappa shape index (κ2) is 7.26. The van der Waals surface area contributed by atoms with Gasteiger partial charge in [0.05, 0.1) is 4.90 Å². The molecule has 2 aliphatic rings. The molecule has 7 nitrogen and oxygen atoms in total. The molecule has 8 heteroatoms. The molecule has 2 bridgehead atoms. The van der Waals surface area contributed by atoms with E-state index in [2.05, 4.69) is 20.0 Å². The molecule has 2 fully saturated rings. The van der Waals surface area contributed by atoms with Crippen LogP contribution >= 0.6 is 0 Å². The molecule has 1 amide bonds. The lowest BCUT2D eigenvalue weighted by Crippen LogP contribution is -2.20. The van der Waals surface area contributed by atoms with Crippen molar-refractivity contribution in [1.29, 1.82) is 0 Å². The zero-order valence-electron chi connectivity index (χ0n) is 14.8. The Balaban J connectivity index is 1.36. The molecule has 1 aromatic carbocycles. The van der Waals surface area contributed by atoms with E-state index in [1.807, 2.05) is 0 Å². The third-order valence-corrected chi connectivity index (χ3v) is 6.92. The average molecular weight is 386 g/mol. The number of aromatic nitrogens is 2. The minimum Gasteiger partial charge on any atom is -0.326 e. The van der Waals surface area contributed by atoms with Gasteiger partial charge in [0.25, 0.3) is 10.0 Å². The van der Waals surface area contributed by atoms with Crippen LogP contribution in [0.3, 0.4) is 0 Å². The molecule has 2 aliphatic carbocycles. The van der Waals surface area contributed by atoms with Gasteiger partial charge in [0.15, 0.2) is 0 Å². The number of hydrogen-bond acceptors (Lipinski definition) is 5. The highest BCUT2D eigenvalue weighted by Crippen LogP contribution is 2.49. The van der Waals surface area contributed by atoms with Crippen LogP contribution in [0, 0.1) is 17.8 Å². The molecule has 0 saturated heterocycles. The lowest BCUT2D eigenvalue weighted by atomic mass is 9.86. The number of carbonyl (C=O) groups excluding carboxylic acids is 1. The number of hydrogen-bond donors (Lipinski definition) is 2. The Morgan fingerprint density at radius 2 is 1.81 bits per heavy atom. The van der Waals surface area contributed by atoms with Crippen LogP contribution in [-0.2, 0) is 14.8 Å². The average Bonchev–Trinajstić information content (AvgIpc) is 3.25. The largest absolute Gasteiger partial charge is 0.326 e. The van der Waals surface area contributed by atoms with Crippen molar-refractivity contribution in [2.45, 2.75) is 37.0 Å². The second-order valence-electron chi connectivity index (χ2n) is 7.39. The van der Waals surface area contributed by atoms with E-state index in [0.717, 1.165) is 5.92 Å². The van der Waals surface area contributed by atoms with E-state index < -0.39 is 10.0 Å². The van der Waals surface area contributed by atoms with Gasteiger partial charge < -0.3 is 5.32 Å². The van der Waals surface area contributed by atoms with Crippen LogP contribution < -0.4 is 10.0 Å². The zero-order chi connectivity index (χ0) is 18.9. The number of amides is 1. The first-order valence-electron chi connectivity index (χ1n) is 9.19. The molecular weight excluding hydrogens is 364 g/mol. The molecular formula is C19H22N4O3S. The molecule has 142 valence electrons. The SMILES string of the molecule is O=C(C[C@@H]1C[C@H]2CC[C@H]1C2)Nc1ccc(S(=O)(=O)Nc2ncccn2)cc1. The molecule has 2 N–H and O–H groups in total. The molecule has 3 atom stereocenters. The number of sulfonamides is 1. The van der Waals surface area contributed by atoms with Crippen LogP contribution in [0.1, 0.15) is 32.1 Å². The van der Waals surface area contributed by atoms with Crippen molar-refractivity contribution in [2.24, 2.45) is 17.8 Å². The molecule has 0 aliphatic heterocycles. The number of nitrogens with zero attached hydrogens (tertiary/aromatic N) is 2. The van der Waals surface area contributed by atoms with Crippen LogP contribution in [0.15, 0.2) is 47.6 Å². The van der Waals surface area contributed by atoms with E-state index in [0.29, 0.717) is 23.9 Å². The monoisotopic (exact) mass is 386 g/mol. The summed E-state index contributed by atoms with van der Waals surface area (Å²) in [6, 6.07) is 7.71. The first-order valence-corrected chi connectivity index (χ1v) is 10.7. The number of rotatable bonds is 6.